The number of carbonyl (C=O) groups is 2. The highest BCUT2D eigenvalue weighted by atomic mass is 16.2. The molecule has 2 aromatic rings. The molecule has 31 heavy (non-hydrogen) atoms. The summed E-state index contributed by atoms with van der Waals surface area (Å²) in [5, 5.41) is 0. The van der Waals surface area contributed by atoms with Gasteiger partial charge < -0.3 is 9.80 Å². The van der Waals surface area contributed by atoms with Crippen molar-refractivity contribution in [3.8, 4) is 0 Å². The van der Waals surface area contributed by atoms with Gasteiger partial charge in [-0.2, -0.15) is 0 Å². The van der Waals surface area contributed by atoms with Gasteiger partial charge in [0.25, 0.3) is 11.8 Å². The molecular weight excluding hydrogens is 386 g/mol. The molecule has 5 heteroatoms. The van der Waals surface area contributed by atoms with Crippen LogP contribution in [0, 0.1) is 19.8 Å². The topological polar surface area (TPSA) is 43.9 Å². The number of carbonyl (C=O) groups excluding carboxylic acids is 2. The molecule has 1 saturated heterocycles. The molecule has 0 bridgehead atoms. The molecule has 0 atom stereocenters. The van der Waals surface area contributed by atoms with E-state index in [1.165, 1.54) is 10.5 Å². The Morgan fingerprint density at radius 3 is 2.26 bits per heavy atom. The molecule has 0 radical (unpaired) electrons. The predicted octanol–water partition coefficient (Wildman–Crippen LogP) is 4.39. The van der Waals surface area contributed by atoms with Gasteiger partial charge in [0.15, 0.2) is 0 Å². The molecule has 0 aliphatic carbocycles. The molecule has 0 spiro atoms. The molecule has 2 amide bonds. The number of hydrogen-bond acceptors (Lipinski definition) is 4. The highest BCUT2D eigenvalue weighted by molar-refractivity contribution is 6.45. The maximum Gasteiger partial charge on any atom is 0.282 e. The van der Waals surface area contributed by atoms with Crippen LogP contribution in [0.1, 0.15) is 36.5 Å². The van der Waals surface area contributed by atoms with E-state index in [9.17, 15) is 9.59 Å². The van der Waals surface area contributed by atoms with Crippen molar-refractivity contribution < 1.29 is 9.59 Å². The molecule has 0 unspecified atom stereocenters. The van der Waals surface area contributed by atoms with E-state index in [2.05, 4.69) is 18.7 Å². The van der Waals surface area contributed by atoms with Gasteiger partial charge in [-0.1, -0.05) is 31.2 Å². The van der Waals surface area contributed by atoms with Crippen molar-refractivity contribution in [1.29, 1.82) is 0 Å². The lowest BCUT2D eigenvalue weighted by atomic mass is 9.96. The molecule has 2 aromatic carbocycles. The summed E-state index contributed by atoms with van der Waals surface area (Å²) in [4.78, 5) is 32.9. The molecule has 162 valence electrons. The Morgan fingerprint density at radius 2 is 1.61 bits per heavy atom. The van der Waals surface area contributed by atoms with Crippen LogP contribution in [-0.4, -0.2) is 43.9 Å². The summed E-state index contributed by atoms with van der Waals surface area (Å²) in [5.74, 6) is 0.184. The number of aryl methyl sites for hydroxylation is 2. The molecule has 2 heterocycles. The van der Waals surface area contributed by atoms with E-state index in [4.69, 9.17) is 0 Å². The minimum Gasteiger partial charge on any atom is -0.378 e. The van der Waals surface area contributed by atoms with Crippen LogP contribution in [0.4, 0.5) is 11.4 Å². The Balaban J connectivity index is 1.82. The number of benzene rings is 2. The summed E-state index contributed by atoms with van der Waals surface area (Å²) < 4.78 is 0. The third-order valence-corrected chi connectivity index (χ3v) is 6.56. The standard InChI is InChI=1S/C26H31N3O2/c1-17-11-13-28(14-12-17)24-23(20-10-9-18(2)19(3)15-20)25(30)29(26(24)31)22-8-6-7-21(16-22)27(4)5/h6-10,15-17H,11-14H2,1-5H3. The van der Waals surface area contributed by atoms with Crippen molar-refractivity contribution in [3.05, 3.63) is 64.9 Å². The van der Waals surface area contributed by atoms with E-state index in [0.29, 0.717) is 22.9 Å². The van der Waals surface area contributed by atoms with Gasteiger partial charge >= 0.3 is 0 Å². The van der Waals surface area contributed by atoms with Crippen molar-refractivity contribution in [2.24, 2.45) is 5.92 Å². The van der Waals surface area contributed by atoms with Gasteiger partial charge in [0.2, 0.25) is 0 Å². The maximum absolute atomic E-state index is 13.7. The number of hydrogen-bond donors (Lipinski definition) is 0. The summed E-state index contributed by atoms with van der Waals surface area (Å²) in [6.07, 6.45) is 2.06. The minimum atomic E-state index is -0.238. The van der Waals surface area contributed by atoms with Crippen molar-refractivity contribution in [2.75, 3.05) is 37.0 Å². The first kappa shape index (κ1) is 21.2. The minimum absolute atomic E-state index is 0.219. The van der Waals surface area contributed by atoms with E-state index < -0.39 is 0 Å². The summed E-state index contributed by atoms with van der Waals surface area (Å²) in [6.45, 7) is 7.95. The van der Waals surface area contributed by atoms with Gasteiger partial charge in [0.05, 0.1) is 11.3 Å². The van der Waals surface area contributed by atoms with Crippen LogP contribution in [0.2, 0.25) is 0 Å². The van der Waals surface area contributed by atoms with Crippen LogP contribution in [-0.2, 0) is 9.59 Å². The second kappa shape index (κ2) is 8.22. The summed E-state index contributed by atoms with van der Waals surface area (Å²) in [6, 6.07) is 13.6. The first-order valence-electron chi connectivity index (χ1n) is 11.0. The zero-order chi connectivity index (χ0) is 22.3. The van der Waals surface area contributed by atoms with Crippen molar-refractivity contribution in [3.63, 3.8) is 0 Å². The average molecular weight is 418 g/mol. The van der Waals surface area contributed by atoms with Crippen LogP contribution in [0.15, 0.2) is 48.2 Å². The molecule has 5 nitrogen and oxygen atoms in total. The second-order valence-electron chi connectivity index (χ2n) is 9.05. The monoisotopic (exact) mass is 417 g/mol. The number of nitrogens with zero attached hydrogens (tertiary/aromatic N) is 3. The highest BCUT2D eigenvalue weighted by Crippen LogP contribution is 2.37. The fraction of sp³-hybridized carbons (Fsp3) is 0.385. The van der Waals surface area contributed by atoms with Crippen LogP contribution in [0.5, 0.6) is 0 Å². The Morgan fingerprint density at radius 1 is 0.903 bits per heavy atom. The molecule has 1 fully saturated rings. The van der Waals surface area contributed by atoms with Crippen LogP contribution < -0.4 is 9.80 Å². The Bertz CT molecular complexity index is 1060. The molecule has 0 aromatic heterocycles. The predicted molar refractivity (Wildman–Crippen MR) is 126 cm³/mol. The number of rotatable bonds is 4. The normalized spacial score (nSPS) is 17.7. The maximum atomic E-state index is 13.7. The summed E-state index contributed by atoms with van der Waals surface area (Å²) >= 11 is 0. The average Bonchev–Trinajstić information content (AvgIpc) is 3.01. The largest absolute Gasteiger partial charge is 0.378 e. The molecule has 0 saturated carbocycles. The first-order valence-corrected chi connectivity index (χ1v) is 11.0. The Kier molecular flexibility index (Phi) is 5.61. The first-order chi connectivity index (χ1) is 14.8. The number of piperidine rings is 1. The zero-order valence-corrected chi connectivity index (χ0v) is 19.1. The van der Waals surface area contributed by atoms with Crippen LogP contribution >= 0.6 is 0 Å². The molecule has 0 N–H and O–H groups in total. The Hall–Kier alpha value is -3.08. The van der Waals surface area contributed by atoms with Crippen molar-refractivity contribution in [2.45, 2.75) is 33.6 Å². The third-order valence-electron chi connectivity index (χ3n) is 6.56. The SMILES string of the molecule is Cc1ccc(C2=C(N3CCC(C)CC3)C(=O)N(c3cccc(N(C)C)c3)C2=O)cc1C. The highest BCUT2D eigenvalue weighted by Gasteiger charge is 2.43. The third kappa shape index (κ3) is 3.85. The van der Waals surface area contributed by atoms with Gasteiger partial charge in [-0.15, -0.1) is 0 Å². The lowest BCUT2D eigenvalue weighted by molar-refractivity contribution is -0.120. The van der Waals surface area contributed by atoms with E-state index in [1.54, 1.807) is 0 Å². The van der Waals surface area contributed by atoms with Gasteiger partial charge in [-0.3, -0.25) is 9.59 Å². The summed E-state index contributed by atoms with van der Waals surface area (Å²) in [7, 11) is 3.90. The van der Waals surface area contributed by atoms with Crippen LogP contribution in [0.3, 0.4) is 0 Å². The number of likely N-dealkylation sites (tertiary alicyclic amines) is 1. The number of anilines is 2. The van der Waals surface area contributed by atoms with Gasteiger partial charge in [-0.05, 0) is 67.5 Å². The van der Waals surface area contributed by atoms with Crippen LogP contribution in [0.25, 0.3) is 5.57 Å². The van der Waals surface area contributed by atoms with Gasteiger partial charge in [0, 0.05) is 32.9 Å². The number of amides is 2. The molecule has 2 aliphatic rings. The van der Waals surface area contributed by atoms with E-state index in [1.807, 2.05) is 68.4 Å². The lowest BCUT2D eigenvalue weighted by Gasteiger charge is -2.32. The van der Waals surface area contributed by atoms with Crippen molar-refractivity contribution in [1.82, 2.24) is 4.90 Å². The molecular formula is C26H31N3O2. The van der Waals surface area contributed by atoms with E-state index in [0.717, 1.165) is 42.7 Å². The quantitative estimate of drug-likeness (QED) is 0.693. The number of imide groups is 1. The molecule has 4 rings (SSSR count). The smallest absolute Gasteiger partial charge is 0.282 e. The van der Waals surface area contributed by atoms with Crippen molar-refractivity contribution >= 4 is 28.8 Å². The lowest BCUT2D eigenvalue weighted by Crippen LogP contribution is -2.38. The van der Waals surface area contributed by atoms with Gasteiger partial charge in [0.1, 0.15) is 5.70 Å². The fourth-order valence-electron chi connectivity index (χ4n) is 4.35. The Labute approximate surface area is 184 Å². The zero-order valence-electron chi connectivity index (χ0n) is 19.1. The summed E-state index contributed by atoms with van der Waals surface area (Å²) in [5.41, 5.74) is 5.75. The molecule has 2 aliphatic heterocycles. The van der Waals surface area contributed by atoms with E-state index >= 15 is 0 Å². The second-order valence-corrected chi connectivity index (χ2v) is 9.05. The van der Waals surface area contributed by atoms with Gasteiger partial charge in [-0.25, -0.2) is 4.90 Å². The van der Waals surface area contributed by atoms with E-state index in [-0.39, 0.29) is 11.8 Å². The fourth-order valence-corrected chi connectivity index (χ4v) is 4.35.